The van der Waals surface area contributed by atoms with Crippen molar-refractivity contribution in [2.45, 2.75) is 83.8 Å². The van der Waals surface area contributed by atoms with Crippen molar-refractivity contribution >= 4 is 20.4 Å². The van der Waals surface area contributed by atoms with Crippen LogP contribution in [-0.4, -0.2) is 54.7 Å². The van der Waals surface area contributed by atoms with Gasteiger partial charge in [-0.3, -0.25) is 4.90 Å². The third kappa shape index (κ3) is 5.21. The highest BCUT2D eigenvalue weighted by Gasteiger charge is 2.44. The predicted molar refractivity (Wildman–Crippen MR) is 91.1 cm³/mol. The van der Waals surface area contributed by atoms with E-state index in [0.717, 1.165) is 18.1 Å². The van der Waals surface area contributed by atoms with Crippen LogP contribution in [0.4, 0.5) is 4.79 Å². The Bertz CT molecular complexity index is 422. The van der Waals surface area contributed by atoms with Crippen molar-refractivity contribution in [3.63, 3.8) is 0 Å². The zero-order valence-electron chi connectivity index (χ0n) is 15.2. The summed E-state index contributed by atoms with van der Waals surface area (Å²) in [6, 6.07) is 2.13. The molecule has 0 saturated carbocycles. The van der Waals surface area contributed by atoms with Crippen molar-refractivity contribution in [3.8, 4) is 0 Å². The third-order valence-electron chi connectivity index (χ3n) is 4.53. The highest BCUT2D eigenvalue weighted by molar-refractivity contribution is 6.73. The molecule has 1 aliphatic heterocycles. The van der Waals surface area contributed by atoms with Crippen molar-refractivity contribution in [2.75, 3.05) is 6.54 Å². The van der Waals surface area contributed by atoms with Gasteiger partial charge in [-0.15, -0.1) is 0 Å². The fourth-order valence-electron chi connectivity index (χ4n) is 2.99. The highest BCUT2D eigenvalue weighted by atomic mass is 28.4. The number of aliphatic carboxylic acids is 1. The quantitative estimate of drug-likeness (QED) is 0.746. The van der Waals surface area contributed by atoms with Gasteiger partial charge in [0.1, 0.15) is 11.6 Å². The molecule has 0 radical (unpaired) electrons. The molecular weight excluding hydrogens is 314 g/mol. The van der Waals surface area contributed by atoms with Crippen LogP contribution in [0.2, 0.25) is 18.1 Å². The number of carbonyl (C=O) groups is 2. The number of rotatable bonds is 6. The summed E-state index contributed by atoms with van der Waals surface area (Å²) in [4.78, 5) is 25.1. The average molecular weight is 346 g/mol. The minimum absolute atomic E-state index is 0.213. The van der Waals surface area contributed by atoms with Crippen molar-refractivity contribution in [1.29, 1.82) is 0 Å². The minimum Gasteiger partial charge on any atom is -0.480 e. The van der Waals surface area contributed by atoms with Crippen LogP contribution in [0.25, 0.3) is 0 Å². The SMILES string of the molecule is CC[Si](CC)(CC)OC1CC(C(=O)O)N(C(=O)OC(C)(C)C)C1. The summed E-state index contributed by atoms with van der Waals surface area (Å²) >= 11 is 0. The highest BCUT2D eigenvalue weighted by Crippen LogP contribution is 2.30. The molecule has 0 spiro atoms. The maximum atomic E-state index is 12.3. The number of ether oxygens (including phenoxy) is 1. The molecule has 7 heteroatoms. The number of hydrogen-bond donors (Lipinski definition) is 1. The first-order valence-electron chi connectivity index (χ1n) is 8.47. The fraction of sp³-hybridized carbons (Fsp3) is 0.875. The molecule has 1 rings (SSSR count). The largest absolute Gasteiger partial charge is 0.480 e. The minimum atomic E-state index is -1.83. The number of carbonyl (C=O) groups excluding carboxylic acids is 1. The summed E-state index contributed by atoms with van der Waals surface area (Å²) in [5.41, 5.74) is -0.645. The lowest BCUT2D eigenvalue weighted by molar-refractivity contribution is -0.142. The van der Waals surface area contributed by atoms with Gasteiger partial charge < -0.3 is 14.3 Å². The monoisotopic (exact) mass is 345 g/mol. The molecule has 1 amide bonds. The average Bonchev–Trinajstić information content (AvgIpc) is 2.87. The van der Waals surface area contributed by atoms with E-state index in [1.54, 1.807) is 20.8 Å². The predicted octanol–water partition coefficient (Wildman–Crippen LogP) is 3.47. The second kappa shape index (κ2) is 7.66. The molecule has 0 aromatic carbocycles. The standard InChI is InChI=1S/C16H31NO5Si/c1-7-23(8-2,9-3)22-12-10-13(14(18)19)17(11-12)15(20)21-16(4,5)6/h12-13H,7-11H2,1-6H3,(H,18,19). The van der Waals surface area contributed by atoms with Gasteiger partial charge in [-0.05, 0) is 38.9 Å². The molecule has 134 valence electrons. The Labute approximate surface area is 140 Å². The normalized spacial score (nSPS) is 22.3. The zero-order chi connectivity index (χ0) is 17.8. The molecule has 2 unspecified atom stereocenters. The van der Waals surface area contributed by atoms with Crippen LogP contribution < -0.4 is 0 Å². The number of nitrogens with zero attached hydrogens (tertiary/aromatic N) is 1. The molecule has 2 atom stereocenters. The van der Waals surface area contributed by atoms with E-state index in [1.165, 1.54) is 4.90 Å². The lowest BCUT2D eigenvalue weighted by Crippen LogP contribution is -2.44. The van der Waals surface area contributed by atoms with Crippen LogP contribution >= 0.6 is 0 Å². The molecule has 1 aliphatic rings. The van der Waals surface area contributed by atoms with Crippen LogP contribution in [0.3, 0.4) is 0 Å². The van der Waals surface area contributed by atoms with E-state index in [2.05, 4.69) is 20.8 Å². The molecule has 1 N–H and O–H groups in total. The Morgan fingerprint density at radius 1 is 1.17 bits per heavy atom. The first kappa shape index (κ1) is 20.0. The summed E-state index contributed by atoms with van der Waals surface area (Å²) in [7, 11) is -1.83. The van der Waals surface area contributed by atoms with Gasteiger partial charge in [0.15, 0.2) is 8.32 Å². The van der Waals surface area contributed by atoms with Crippen molar-refractivity contribution in [3.05, 3.63) is 0 Å². The van der Waals surface area contributed by atoms with Crippen LogP contribution in [0.1, 0.15) is 48.0 Å². The smallest absolute Gasteiger partial charge is 0.411 e. The maximum absolute atomic E-state index is 12.3. The Kier molecular flexibility index (Phi) is 6.65. The molecule has 1 fully saturated rings. The fourth-order valence-corrected chi connectivity index (χ4v) is 5.87. The van der Waals surface area contributed by atoms with E-state index in [0.29, 0.717) is 13.0 Å². The summed E-state index contributed by atoms with van der Waals surface area (Å²) < 4.78 is 11.7. The van der Waals surface area contributed by atoms with Crippen molar-refractivity contribution in [2.24, 2.45) is 0 Å². The number of carboxylic acids is 1. The topological polar surface area (TPSA) is 76.1 Å². The second-order valence-corrected chi connectivity index (χ2v) is 11.9. The lowest BCUT2D eigenvalue weighted by Gasteiger charge is -2.31. The van der Waals surface area contributed by atoms with E-state index in [-0.39, 0.29) is 6.10 Å². The maximum Gasteiger partial charge on any atom is 0.411 e. The van der Waals surface area contributed by atoms with E-state index >= 15 is 0 Å². The number of carboxylic acid groups (broad SMARTS) is 1. The molecule has 0 aliphatic carbocycles. The van der Waals surface area contributed by atoms with Crippen LogP contribution in [0.15, 0.2) is 0 Å². The van der Waals surface area contributed by atoms with Gasteiger partial charge in [-0.2, -0.15) is 0 Å². The number of hydrogen-bond acceptors (Lipinski definition) is 4. The van der Waals surface area contributed by atoms with Gasteiger partial charge >= 0.3 is 12.1 Å². The third-order valence-corrected chi connectivity index (χ3v) is 9.22. The van der Waals surface area contributed by atoms with E-state index in [1.807, 2.05) is 0 Å². The van der Waals surface area contributed by atoms with Gasteiger partial charge in [-0.1, -0.05) is 20.8 Å². The first-order valence-corrected chi connectivity index (χ1v) is 11.0. The molecule has 23 heavy (non-hydrogen) atoms. The zero-order valence-corrected chi connectivity index (χ0v) is 16.2. The van der Waals surface area contributed by atoms with Crippen LogP contribution in [0.5, 0.6) is 0 Å². The molecule has 1 saturated heterocycles. The van der Waals surface area contributed by atoms with Gasteiger partial charge in [0, 0.05) is 13.0 Å². The Balaban J connectivity index is 2.86. The van der Waals surface area contributed by atoms with Gasteiger partial charge in [0.2, 0.25) is 0 Å². The second-order valence-electron chi connectivity index (χ2n) is 7.21. The molecule has 6 nitrogen and oxygen atoms in total. The molecule has 1 heterocycles. The summed E-state index contributed by atoms with van der Waals surface area (Å²) in [6.07, 6.45) is -0.452. The Morgan fingerprint density at radius 2 is 1.70 bits per heavy atom. The Morgan fingerprint density at radius 3 is 2.09 bits per heavy atom. The number of amides is 1. The lowest BCUT2D eigenvalue weighted by atomic mass is 10.2. The van der Waals surface area contributed by atoms with Crippen molar-refractivity contribution in [1.82, 2.24) is 4.90 Å². The van der Waals surface area contributed by atoms with Crippen LogP contribution in [-0.2, 0) is 14.0 Å². The Hall–Kier alpha value is -1.08. The molecule has 0 aromatic rings. The van der Waals surface area contributed by atoms with Gasteiger partial charge in [0.05, 0.1) is 6.10 Å². The van der Waals surface area contributed by atoms with Gasteiger partial charge in [0.25, 0.3) is 0 Å². The summed E-state index contributed by atoms with van der Waals surface area (Å²) in [5.74, 6) is -1.00. The van der Waals surface area contributed by atoms with Crippen LogP contribution in [0, 0.1) is 0 Å². The molecular formula is C16H31NO5Si. The first-order chi connectivity index (χ1) is 10.6. The van der Waals surface area contributed by atoms with E-state index in [4.69, 9.17) is 9.16 Å². The molecule has 0 aromatic heterocycles. The summed E-state index contributed by atoms with van der Waals surface area (Å²) in [6.45, 7) is 12.0. The van der Waals surface area contributed by atoms with Crippen molar-refractivity contribution < 1.29 is 23.9 Å². The molecule has 0 bridgehead atoms. The van der Waals surface area contributed by atoms with E-state index < -0.39 is 32.0 Å². The van der Waals surface area contributed by atoms with Gasteiger partial charge in [-0.25, -0.2) is 9.59 Å². The van der Waals surface area contributed by atoms with E-state index in [9.17, 15) is 14.7 Å². The summed E-state index contributed by atoms with van der Waals surface area (Å²) in [5, 5.41) is 9.42. The number of likely N-dealkylation sites (tertiary alicyclic amines) is 1.